The first-order chi connectivity index (χ1) is 8.56. The van der Waals surface area contributed by atoms with Gasteiger partial charge < -0.3 is 10.5 Å². The Hall–Kier alpha value is -1.94. The van der Waals surface area contributed by atoms with Gasteiger partial charge in [0, 0.05) is 11.6 Å². The molecular weight excluding hydrogens is 236 g/mol. The fourth-order valence-electron chi connectivity index (χ4n) is 1.60. The number of nitrogens with two attached hydrogens (primary N) is 1. The summed E-state index contributed by atoms with van der Waals surface area (Å²) >= 11 is 0. The molecule has 2 N–H and O–H groups in total. The Morgan fingerprint density at radius 3 is 2.22 bits per heavy atom. The van der Waals surface area contributed by atoms with Crippen molar-refractivity contribution in [2.24, 2.45) is 5.73 Å². The van der Waals surface area contributed by atoms with E-state index in [9.17, 15) is 8.78 Å². The summed E-state index contributed by atoms with van der Waals surface area (Å²) in [5.74, 6) is 0.241. The van der Waals surface area contributed by atoms with Crippen LogP contribution in [-0.4, -0.2) is 0 Å². The van der Waals surface area contributed by atoms with Crippen molar-refractivity contribution >= 4 is 0 Å². The van der Waals surface area contributed by atoms with Crippen molar-refractivity contribution in [1.29, 1.82) is 0 Å². The van der Waals surface area contributed by atoms with Gasteiger partial charge in [-0.1, -0.05) is 0 Å². The highest BCUT2D eigenvalue weighted by atomic mass is 19.1. The summed E-state index contributed by atoms with van der Waals surface area (Å²) in [7, 11) is 0. The lowest BCUT2D eigenvalue weighted by atomic mass is 10.1. The smallest absolute Gasteiger partial charge is 0.132 e. The van der Waals surface area contributed by atoms with Crippen LogP contribution in [0.25, 0.3) is 0 Å². The minimum atomic E-state index is -0.367. The van der Waals surface area contributed by atoms with Crippen LogP contribution in [0.4, 0.5) is 8.78 Å². The van der Waals surface area contributed by atoms with Gasteiger partial charge in [-0.15, -0.1) is 0 Å². The maximum atomic E-state index is 13.1. The van der Waals surface area contributed by atoms with Gasteiger partial charge in [-0.2, -0.15) is 0 Å². The van der Waals surface area contributed by atoms with E-state index >= 15 is 0 Å². The number of benzene rings is 2. The average molecular weight is 249 g/mol. The molecule has 0 radical (unpaired) electrons. The standard InChI is InChI=1S/C14H13F2NO/c1-9(17)13-8-11(16)4-7-14(13)18-12-5-2-10(15)3-6-12/h2-9H,17H2,1H3/t9-/m1/s1. The Morgan fingerprint density at radius 2 is 1.61 bits per heavy atom. The van der Waals surface area contributed by atoms with E-state index in [1.807, 2.05) is 0 Å². The first-order valence-corrected chi connectivity index (χ1v) is 5.54. The van der Waals surface area contributed by atoms with Gasteiger partial charge in [-0.3, -0.25) is 0 Å². The maximum absolute atomic E-state index is 13.1. The summed E-state index contributed by atoms with van der Waals surface area (Å²) in [6.45, 7) is 1.74. The quantitative estimate of drug-likeness (QED) is 0.898. The highest BCUT2D eigenvalue weighted by Crippen LogP contribution is 2.29. The van der Waals surface area contributed by atoms with Crippen molar-refractivity contribution in [3.8, 4) is 11.5 Å². The topological polar surface area (TPSA) is 35.2 Å². The van der Waals surface area contributed by atoms with Crippen LogP contribution in [0.15, 0.2) is 42.5 Å². The maximum Gasteiger partial charge on any atom is 0.132 e. The van der Waals surface area contributed by atoms with Gasteiger partial charge in [0.05, 0.1) is 0 Å². The molecule has 0 saturated heterocycles. The second kappa shape index (κ2) is 5.14. The van der Waals surface area contributed by atoms with Gasteiger partial charge in [0.25, 0.3) is 0 Å². The molecule has 4 heteroatoms. The van der Waals surface area contributed by atoms with Crippen molar-refractivity contribution in [2.45, 2.75) is 13.0 Å². The first kappa shape index (κ1) is 12.5. The minimum Gasteiger partial charge on any atom is -0.457 e. The molecule has 0 bridgehead atoms. The van der Waals surface area contributed by atoms with Crippen LogP contribution >= 0.6 is 0 Å². The molecule has 0 aliphatic heterocycles. The monoisotopic (exact) mass is 249 g/mol. The van der Waals surface area contributed by atoms with Gasteiger partial charge >= 0.3 is 0 Å². The SMILES string of the molecule is C[C@@H](N)c1cc(F)ccc1Oc1ccc(F)cc1. The number of ether oxygens (including phenoxy) is 1. The van der Waals surface area contributed by atoms with E-state index in [0.29, 0.717) is 17.1 Å². The lowest BCUT2D eigenvalue weighted by Gasteiger charge is -2.13. The summed E-state index contributed by atoms with van der Waals surface area (Å²) in [5.41, 5.74) is 6.32. The zero-order valence-electron chi connectivity index (χ0n) is 9.86. The van der Waals surface area contributed by atoms with E-state index < -0.39 is 0 Å². The van der Waals surface area contributed by atoms with E-state index in [1.54, 1.807) is 6.92 Å². The number of rotatable bonds is 3. The molecule has 0 saturated carbocycles. The summed E-state index contributed by atoms with van der Waals surface area (Å²) < 4.78 is 31.5. The van der Waals surface area contributed by atoms with E-state index in [0.717, 1.165) is 0 Å². The van der Waals surface area contributed by atoms with Crippen molar-refractivity contribution in [1.82, 2.24) is 0 Å². The molecule has 0 amide bonds. The molecule has 0 aliphatic carbocycles. The molecule has 0 fully saturated rings. The first-order valence-electron chi connectivity index (χ1n) is 5.54. The molecule has 94 valence electrons. The highest BCUT2D eigenvalue weighted by Gasteiger charge is 2.10. The van der Waals surface area contributed by atoms with Gasteiger partial charge in [0.2, 0.25) is 0 Å². The molecule has 2 rings (SSSR count). The summed E-state index contributed by atoms with van der Waals surface area (Å²) in [6.07, 6.45) is 0. The van der Waals surface area contributed by atoms with Crippen molar-refractivity contribution in [3.05, 3.63) is 59.7 Å². The van der Waals surface area contributed by atoms with E-state index in [-0.39, 0.29) is 17.7 Å². The fourth-order valence-corrected chi connectivity index (χ4v) is 1.60. The molecule has 1 atom stereocenters. The Labute approximate surface area is 104 Å². The van der Waals surface area contributed by atoms with Crippen LogP contribution in [-0.2, 0) is 0 Å². The second-order valence-corrected chi connectivity index (χ2v) is 4.03. The molecule has 0 spiro atoms. The average Bonchev–Trinajstić information content (AvgIpc) is 2.34. The second-order valence-electron chi connectivity index (χ2n) is 4.03. The van der Waals surface area contributed by atoms with E-state index in [4.69, 9.17) is 10.5 Å². The molecule has 2 nitrogen and oxygen atoms in total. The minimum absolute atomic E-state index is 0.339. The number of hydrogen-bond acceptors (Lipinski definition) is 2. The van der Waals surface area contributed by atoms with Crippen LogP contribution in [0.2, 0.25) is 0 Å². The molecule has 2 aromatic carbocycles. The van der Waals surface area contributed by atoms with Crippen molar-refractivity contribution in [3.63, 3.8) is 0 Å². The van der Waals surface area contributed by atoms with Crippen molar-refractivity contribution < 1.29 is 13.5 Å². The van der Waals surface area contributed by atoms with Gasteiger partial charge in [-0.05, 0) is 49.4 Å². The Balaban J connectivity index is 2.31. The Kier molecular flexibility index (Phi) is 3.58. The van der Waals surface area contributed by atoms with Crippen LogP contribution in [0, 0.1) is 11.6 Å². The van der Waals surface area contributed by atoms with Crippen LogP contribution in [0.5, 0.6) is 11.5 Å². The van der Waals surface area contributed by atoms with Crippen LogP contribution in [0.3, 0.4) is 0 Å². The van der Waals surface area contributed by atoms with Crippen LogP contribution < -0.4 is 10.5 Å². The Bertz CT molecular complexity index is 538. The predicted molar refractivity (Wildman–Crippen MR) is 65.5 cm³/mol. The zero-order valence-corrected chi connectivity index (χ0v) is 9.86. The van der Waals surface area contributed by atoms with Gasteiger partial charge in [-0.25, -0.2) is 8.78 Å². The van der Waals surface area contributed by atoms with E-state index in [2.05, 4.69) is 0 Å². The number of hydrogen-bond donors (Lipinski definition) is 1. The Morgan fingerprint density at radius 1 is 1.00 bits per heavy atom. The van der Waals surface area contributed by atoms with Crippen LogP contribution in [0.1, 0.15) is 18.5 Å². The zero-order chi connectivity index (χ0) is 13.1. The molecule has 0 aromatic heterocycles. The predicted octanol–water partition coefficient (Wildman–Crippen LogP) is 3.78. The van der Waals surface area contributed by atoms with E-state index in [1.165, 1.54) is 42.5 Å². The van der Waals surface area contributed by atoms with Gasteiger partial charge in [0.1, 0.15) is 23.1 Å². The molecule has 18 heavy (non-hydrogen) atoms. The lowest BCUT2D eigenvalue weighted by molar-refractivity contribution is 0.467. The molecule has 0 aliphatic rings. The molecule has 0 unspecified atom stereocenters. The van der Waals surface area contributed by atoms with Crippen molar-refractivity contribution in [2.75, 3.05) is 0 Å². The third-order valence-corrected chi connectivity index (χ3v) is 2.50. The summed E-state index contributed by atoms with van der Waals surface area (Å²) in [5, 5.41) is 0. The fraction of sp³-hybridized carbons (Fsp3) is 0.143. The van der Waals surface area contributed by atoms with Gasteiger partial charge in [0.15, 0.2) is 0 Å². The molecule has 2 aromatic rings. The summed E-state index contributed by atoms with van der Waals surface area (Å²) in [6, 6.07) is 9.39. The third kappa shape index (κ3) is 2.84. The molecular formula is C14H13F2NO. The summed E-state index contributed by atoms with van der Waals surface area (Å²) in [4.78, 5) is 0. The largest absolute Gasteiger partial charge is 0.457 e. The third-order valence-electron chi connectivity index (χ3n) is 2.50. The highest BCUT2D eigenvalue weighted by molar-refractivity contribution is 5.39. The lowest BCUT2D eigenvalue weighted by Crippen LogP contribution is -2.07. The molecule has 0 heterocycles. The normalized spacial score (nSPS) is 12.2. The number of halogens is 2.